The van der Waals surface area contributed by atoms with Gasteiger partial charge in [-0.05, 0) is 35.4 Å². The Labute approximate surface area is 187 Å². The number of esters is 1. The third-order valence-corrected chi connectivity index (χ3v) is 4.98. The van der Waals surface area contributed by atoms with E-state index in [0.29, 0.717) is 26.4 Å². The average molecular weight is 446 g/mol. The zero-order chi connectivity index (χ0) is 21.9. The maximum absolute atomic E-state index is 10.9. The second-order valence-corrected chi connectivity index (χ2v) is 7.55. The number of rotatable bonds is 13. The molecule has 31 heavy (non-hydrogen) atoms. The summed E-state index contributed by atoms with van der Waals surface area (Å²) in [6.07, 6.45) is 1.00. The molecule has 0 amide bonds. The number of carbonyl (C=O) groups excluding carboxylic acids is 1. The molecule has 3 aromatic rings. The van der Waals surface area contributed by atoms with E-state index in [9.17, 15) is 4.79 Å². The molecule has 0 atom stereocenters. The van der Waals surface area contributed by atoms with E-state index in [0.717, 1.165) is 46.8 Å². The van der Waals surface area contributed by atoms with E-state index in [1.807, 2.05) is 24.3 Å². The van der Waals surface area contributed by atoms with Crippen LogP contribution >= 0.6 is 11.6 Å². The Morgan fingerprint density at radius 2 is 1.71 bits per heavy atom. The standard InChI is InChI=1S/C24H28ClNO5/c1-28-24(27)8-10-29-12-13-30-11-9-26-17-19-2-5-20-16-22(31-23(20)15-19)14-18-3-6-21(25)7-4-18/h2-7,15-16,26H,8-14,17H2,1H3. The van der Waals surface area contributed by atoms with Crippen molar-refractivity contribution in [2.75, 3.05) is 40.1 Å². The summed E-state index contributed by atoms with van der Waals surface area (Å²) < 4.78 is 21.4. The van der Waals surface area contributed by atoms with Crippen molar-refractivity contribution in [3.05, 3.63) is 70.4 Å². The van der Waals surface area contributed by atoms with Gasteiger partial charge in [-0.15, -0.1) is 0 Å². The van der Waals surface area contributed by atoms with Crippen LogP contribution in [0.3, 0.4) is 0 Å². The van der Waals surface area contributed by atoms with E-state index >= 15 is 0 Å². The highest BCUT2D eigenvalue weighted by atomic mass is 35.5. The summed E-state index contributed by atoms with van der Waals surface area (Å²) in [6, 6.07) is 16.2. The maximum Gasteiger partial charge on any atom is 0.307 e. The Kier molecular flexibility index (Phi) is 9.37. The van der Waals surface area contributed by atoms with Crippen LogP contribution in [-0.2, 0) is 32.0 Å². The highest BCUT2D eigenvalue weighted by molar-refractivity contribution is 6.30. The second-order valence-electron chi connectivity index (χ2n) is 7.12. The molecule has 1 N–H and O–H groups in total. The molecule has 0 aliphatic rings. The van der Waals surface area contributed by atoms with Crippen molar-refractivity contribution in [1.29, 1.82) is 0 Å². The summed E-state index contributed by atoms with van der Waals surface area (Å²) in [5.74, 6) is 0.667. The Morgan fingerprint density at radius 3 is 2.48 bits per heavy atom. The minimum atomic E-state index is -0.268. The Balaban J connectivity index is 1.33. The summed E-state index contributed by atoms with van der Waals surface area (Å²) >= 11 is 5.95. The number of nitrogens with one attached hydrogen (secondary N) is 1. The van der Waals surface area contributed by atoms with Crippen LogP contribution in [0.15, 0.2) is 52.9 Å². The van der Waals surface area contributed by atoms with Crippen LogP contribution in [0.2, 0.25) is 5.02 Å². The third-order valence-electron chi connectivity index (χ3n) is 4.73. The van der Waals surface area contributed by atoms with Gasteiger partial charge in [-0.2, -0.15) is 0 Å². The molecule has 6 nitrogen and oxygen atoms in total. The molecule has 0 aliphatic carbocycles. The molecule has 1 aromatic heterocycles. The SMILES string of the molecule is COC(=O)CCOCCOCCNCc1ccc2cc(Cc3ccc(Cl)cc3)oc2c1. The number of hydrogen-bond acceptors (Lipinski definition) is 6. The highest BCUT2D eigenvalue weighted by Crippen LogP contribution is 2.23. The Hall–Kier alpha value is -2.38. The molecule has 0 saturated carbocycles. The van der Waals surface area contributed by atoms with E-state index in [2.05, 4.69) is 34.3 Å². The molecule has 0 radical (unpaired) electrons. The van der Waals surface area contributed by atoms with Crippen molar-refractivity contribution in [1.82, 2.24) is 5.32 Å². The van der Waals surface area contributed by atoms with Crippen LogP contribution in [0.4, 0.5) is 0 Å². The van der Waals surface area contributed by atoms with Gasteiger partial charge in [-0.25, -0.2) is 0 Å². The van der Waals surface area contributed by atoms with Gasteiger partial charge in [-0.3, -0.25) is 4.79 Å². The van der Waals surface area contributed by atoms with Crippen molar-refractivity contribution in [2.45, 2.75) is 19.4 Å². The van der Waals surface area contributed by atoms with Crippen LogP contribution in [0.25, 0.3) is 11.0 Å². The zero-order valence-corrected chi connectivity index (χ0v) is 18.5. The summed E-state index contributed by atoms with van der Waals surface area (Å²) in [5, 5.41) is 5.20. The van der Waals surface area contributed by atoms with E-state index in [1.165, 1.54) is 12.7 Å². The number of methoxy groups -OCH3 is 1. The Bertz CT molecular complexity index is 954. The molecular formula is C24H28ClNO5. The predicted octanol–water partition coefficient (Wildman–Crippen LogP) is 4.36. The smallest absolute Gasteiger partial charge is 0.307 e. The van der Waals surface area contributed by atoms with Gasteiger partial charge in [0.1, 0.15) is 11.3 Å². The molecule has 2 aromatic carbocycles. The highest BCUT2D eigenvalue weighted by Gasteiger charge is 2.06. The minimum absolute atomic E-state index is 0.265. The lowest BCUT2D eigenvalue weighted by Gasteiger charge is -2.07. The fourth-order valence-electron chi connectivity index (χ4n) is 3.09. The summed E-state index contributed by atoms with van der Waals surface area (Å²) in [6.45, 7) is 3.38. The van der Waals surface area contributed by atoms with Gasteiger partial charge < -0.3 is 23.9 Å². The number of halogens is 1. The average Bonchev–Trinajstić information content (AvgIpc) is 3.18. The first-order chi connectivity index (χ1) is 15.1. The van der Waals surface area contributed by atoms with Gasteiger partial charge in [0.2, 0.25) is 0 Å². The lowest BCUT2D eigenvalue weighted by Crippen LogP contribution is -2.20. The van der Waals surface area contributed by atoms with Crippen LogP contribution in [0.5, 0.6) is 0 Å². The van der Waals surface area contributed by atoms with Gasteiger partial charge in [0.05, 0.1) is 40.0 Å². The quantitative estimate of drug-likeness (QED) is 0.311. The normalized spacial score (nSPS) is 11.2. The van der Waals surface area contributed by atoms with Crippen LogP contribution in [-0.4, -0.2) is 46.1 Å². The molecule has 1 heterocycles. The maximum atomic E-state index is 10.9. The minimum Gasteiger partial charge on any atom is -0.469 e. The largest absolute Gasteiger partial charge is 0.469 e. The van der Waals surface area contributed by atoms with Crippen LogP contribution < -0.4 is 5.32 Å². The van der Waals surface area contributed by atoms with Gasteiger partial charge in [-0.1, -0.05) is 35.9 Å². The van der Waals surface area contributed by atoms with Gasteiger partial charge in [0.25, 0.3) is 0 Å². The lowest BCUT2D eigenvalue weighted by molar-refractivity contribution is -0.141. The van der Waals surface area contributed by atoms with Crippen molar-refractivity contribution in [3.8, 4) is 0 Å². The monoisotopic (exact) mass is 445 g/mol. The molecule has 0 aliphatic heterocycles. The molecule has 0 fully saturated rings. The van der Waals surface area contributed by atoms with Crippen LogP contribution in [0.1, 0.15) is 23.3 Å². The molecule has 166 valence electrons. The van der Waals surface area contributed by atoms with Gasteiger partial charge in [0, 0.05) is 29.9 Å². The fourth-order valence-corrected chi connectivity index (χ4v) is 3.21. The van der Waals surface area contributed by atoms with Gasteiger partial charge in [0.15, 0.2) is 0 Å². The van der Waals surface area contributed by atoms with Crippen molar-refractivity contribution < 1.29 is 23.4 Å². The van der Waals surface area contributed by atoms with Crippen molar-refractivity contribution in [3.63, 3.8) is 0 Å². The summed E-state index contributed by atoms with van der Waals surface area (Å²) in [7, 11) is 1.37. The molecule has 3 rings (SSSR count). The number of furan rings is 1. The summed E-state index contributed by atoms with van der Waals surface area (Å²) in [4.78, 5) is 10.9. The Morgan fingerprint density at radius 1 is 0.968 bits per heavy atom. The lowest BCUT2D eigenvalue weighted by atomic mass is 10.1. The molecule has 7 heteroatoms. The number of fused-ring (bicyclic) bond motifs is 1. The molecule has 0 bridgehead atoms. The number of hydrogen-bond donors (Lipinski definition) is 1. The summed E-state index contributed by atoms with van der Waals surface area (Å²) in [5.41, 5.74) is 3.22. The zero-order valence-electron chi connectivity index (χ0n) is 17.7. The fraction of sp³-hybridized carbons (Fsp3) is 0.375. The third kappa shape index (κ3) is 7.99. The number of benzene rings is 2. The van der Waals surface area contributed by atoms with E-state index < -0.39 is 0 Å². The first kappa shape index (κ1) is 23.3. The molecule has 0 unspecified atom stereocenters. The topological polar surface area (TPSA) is 69.9 Å². The van der Waals surface area contributed by atoms with E-state index in [-0.39, 0.29) is 12.4 Å². The first-order valence-corrected chi connectivity index (χ1v) is 10.7. The number of carbonyl (C=O) groups is 1. The predicted molar refractivity (Wildman–Crippen MR) is 120 cm³/mol. The molecule has 0 spiro atoms. The van der Waals surface area contributed by atoms with E-state index in [4.69, 9.17) is 25.5 Å². The van der Waals surface area contributed by atoms with Crippen molar-refractivity contribution >= 4 is 28.5 Å². The first-order valence-electron chi connectivity index (χ1n) is 10.3. The van der Waals surface area contributed by atoms with Crippen LogP contribution in [0, 0.1) is 0 Å². The molecular weight excluding hydrogens is 418 g/mol. The molecule has 0 saturated heterocycles. The van der Waals surface area contributed by atoms with Crippen molar-refractivity contribution in [2.24, 2.45) is 0 Å². The number of ether oxygens (including phenoxy) is 3. The van der Waals surface area contributed by atoms with E-state index in [1.54, 1.807) is 0 Å². The second kappa shape index (κ2) is 12.5. The van der Waals surface area contributed by atoms with Gasteiger partial charge >= 0.3 is 5.97 Å².